The Bertz CT molecular complexity index is 567. The normalized spacial score (nSPS) is 10.9. The van der Waals surface area contributed by atoms with Crippen molar-refractivity contribution < 1.29 is 4.39 Å². The van der Waals surface area contributed by atoms with Gasteiger partial charge in [0.2, 0.25) is 0 Å². The fourth-order valence-corrected chi connectivity index (χ4v) is 3.91. The van der Waals surface area contributed by atoms with Gasteiger partial charge in [-0.15, -0.1) is 23.1 Å². The number of nitrogens with zero attached hydrogens (tertiary/aromatic N) is 1. The molecule has 2 rings (SSSR count). The van der Waals surface area contributed by atoms with Gasteiger partial charge in [-0.05, 0) is 37.8 Å². The standard InChI is InChI=1S/C14H17FN2S2/c1-3-18-12-6-4-5-10(15)13(12)14-17-9(2)11(19-14)7-8-16/h4-6H,3,7-8,16H2,1-2H3. The van der Waals surface area contributed by atoms with E-state index in [0.29, 0.717) is 12.1 Å². The highest BCUT2D eigenvalue weighted by atomic mass is 32.2. The van der Waals surface area contributed by atoms with Gasteiger partial charge in [0, 0.05) is 9.77 Å². The smallest absolute Gasteiger partial charge is 0.134 e. The molecule has 1 aromatic carbocycles. The third kappa shape index (κ3) is 3.16. The van der Waals surface area contributed by atoms with Crippen LogP contribution in [0.15, 0.2) is 23.1 Å². The Kier molecular flexibility index (Phi) is 4.96. The van der Waals surface area contributed by atoms with Gasteiger partial charge < -0.3 is 5.73 Å². The number of thiazole rings is 1. The van der Waals surface area contributed by atoms with Gasteiger partial charge in [-0.25, -0.2) is 9.37 Å². The molecule has 0 saturated carbocycles. The Balaban J connectivity index is 2.48. The molecule has 0 aliphatic carbocycles. The van der Waals surface area contributed by atoms with Crippen molar-refractivity contribution in [3.8, 4) is 10.6 Å². The Morgan fingerprint density at radius 1 is 1.42 bits per heavy atom. The minimum Gasteiger partial charge on any atom is -0.330 e. The van der Waals surface area contributed by atoms with Gasteiger partial charge in [-0.1, -0.05) is 13.0 Å². The lowest BCUT2D eigenvalue weighted by Crippen LogP contribution is -2.01. The lowest BCUT2D eigenvalue weighted by molar-refractivity contribution is 0.628. The fourth-order valence-electron chi connectivity index (χ4n) is 1.89. The van der Waals surface area contributed by atoms with Crippen LogP contribution in [0.25, 0.3) is 10.6 Å². The van der Waals surface area contributed by atoms with Crippen molar-refractivity contribution in [1.29, 1.82) is 0 Å². The number of benzene rings is 1. The van der Waals surface area contributed by atoms with Crippen LogP contribution in [-0.2, 0) is 6.42 Å². The summed E-state index contributed by atoms with van der Waals surface area (Å²) >= 11 is 3.19. The van der Waals surface area contributed by atoms with E-state index in [-0.39, 0.29) is 5.82 Å². The van der Waals surface area contributed by atoms with Crippen LogP contribution in [0.1, 0.15) is 17.5 Å². The highest BCUT2D eigenvalue weighted by Gasteiger charge is 2.16. The average molecular weight is 296 g/mol. The van der Waals surface area contributed by atoms with Gasteiger partial charge >= 0.3 is 0 Å². The molecule has 1 aromatic heterocycles. The number of rotatable bonds is 5. The molecule has 0 spiro atoms. The number of thioether (sulfide) groups is 1. The predicted molar refractivity (Wildman–Crippen MR) is 81.4 cm³/mol. The second-order valence-electron chi connectivity index (χ2n) is 4.11. The van der Waals surface area contributed by atoms with Crippen molar-refractivity contribution in [1.82, 2.24) is 4.98 Å². The van der Waals surface area contributed by atoms with Crippen LogP contribution in [0.4, 0.5) is 4.39 Å². The van der Waals surface area contributed by atoms with E-state index < -0.39 is 0 Å². The summed E-state index contributed by atoms with van der Waals surface area (Å²) in [5.74, 6) is 0.711. The summed E-state index contributed by atoms with van der Waals surface area (Å²) in [6.45, 7) is 4.61. The molecule has 0 aliphatic heterocycles. The van der Waals surface area contributed by atoms with Crippen molar-refractivity contribution in [2.45, 2.75) is 25.2 Å². The monoisotopic (exact) mass is 296 g/mol. The summed E-state index contributed by atoms with van der Waals surface area (Å²) in [7, 11) is 0. The molecule has 0 aliphatic rings. The molecule has 5 heteroatoms. The first kappa shape index (κ1) is 14.5. The first-order valence-corrected chi connectivity index (χ1v) is 8.05. The summed E-state index contributed by atoms with van der Waals surface area (Å²) in [5.41, 5.74) is 7.18. The molecule has 0 saturated heterocycles. The Morgan fingerprint density at radius 3 is 2.89 bits per heavy atom. The number of halogens is 1. The molecular formula is C14H17FN2S2. The van der Waals surface area contributed by atoms with E-state index in [4.69, 9.17) is 5.73 Å². The average Bonchev–Trinajstić information content (AvgIpc) is 2.72. The Morgan fingerprint density at radius 2 is 2.21 bits per heavy atom. The first-order chi connectivity index (χ1) is 9.17. The van der Waals surface area contributed by atoms with Crippen molar-refractivity contribution in [3.63, 3.8) is 0 Å². The lowest BCUT2D eigenvalue weighted by atomic mass is 10.2. The van der Waals surface area contributed by atoms with Gasteiger partial charge in [0.15, 0.2) is 0 Å². The van der Waals surface area contributed by atoms with Crippen molar-refractivity contribution >= 4 is 23.1 Å². The van der Waals surface area contributed by atoms with E-state index in [1.165, 1.54) is 6.07 Å². The summed E-state index contributed by atoms with van der Waals surface area (Å²) in [5, 5.41) is 0.759. The zero-order chi connectivity index (χ0) is 13.8. The van der Waals surface area contributed by atoms with Gasteiger partial charge in [-0.2, -0.15) is 0 Å². The maximum absolute atomic E-state index is 14.1. The summed E-state index contributed by atoms with van der Waals surface area (Å²) in [6.07, 6.45) is 0.800. The summed E-state index contributed by atoms with van der Waals surface area (Å²) < 4.78 is 14.1. The van der Waals surface area contributed by atoms with Crippen LogP contribution < -0.4 is 5.73 Å². The lowest BCUT2D eigenvalue weighted by Gasteiger charge is -2.06. The third-order valence-electron chi connectivity index (χ3n) is 2.75. The van der Waals surface area contributed by atoms with Crippen molar-refractivity contribution in [2.24, 2.45) is 5.73 Å². The topological polar surface area (TPSA) is 38.9 Å². The maximum atomic E-state index is 14.1. The summed E-state index contributed by atoms with van der Waals surface area (Å²) in [4.78, 5) is 6.61. The van der Waals surface area contributed by atoms with E-state index in [9.17, 15) is 4.39 Å². The predicted octanol–water partition coefficient (Wildman–Crippen LogP) is 3.87. The number of aromatic nitrogens is 1. The minimum atomic E-state index is -0.202. The molecule has 0 bridgehead atoms. The molecule has 0 amide bonds. The van der Waals surface area contributed by atoms with Gasteiger partial charge in [0.05, 0.1) is 11.3 Å². The van der Waals surface area contributed by atoms with Crippen LogP contribution in [-0.4, -0.2) is 17.3 Å². The Hall–Kier alpha value is -0.910. The number of hydrogen-bond acceptors (Lipinski definition) is 4. The molecule has 1 heterocycles. The molecule has 0 atom stereocenters. The molecular weight excluding hydrogens is 279 g/mol. The molecule has 19 heavy (non-hydrogen) atoms. The van der Waals surface area contributed by atoms with E-state index >= 15 is 0 Å². The van der Waals surface area contributed by atoms with Crippen LogP contribution in [0.5, 0.6) is 0 Å². The zero-order valence-electron chi connectivity index (χ0n) is 11.1. The zero-order valence-corrected chi connectivity index (χ0v) is 12.7. The first-order valence-electron chi connectivity index (χ1n) is 6.25. The van der Waals surface area contributed by atoms with Crippen LogP contribution in [0.2, 0.25) is 0 Å². The summed E-state index contributed by atoms with van der Waals surface area (Å²) in [6, 6.07) is 5.19. The van der Waals surface area contributed by atoms with Gasteiger partial charge in [-0.3, -0.25) is 0 Å². The highest BCUT2D eigenvalue weighted by molar-refractivity contribution is 7.99. The number of hydrogen-bond donors (Lipinski definition) is 1. The molecule has 2 nitrogen and oxygen atoms in total. The molecule has 0 radical (unpaired) electrons. The second kappa shape index (κ2) is 6.50. The molecule has 2 N–H and O–H groups in total. The maximum Gasteiger partial charge on any atom is 0.134 e. The third-order valence-corrected chi connectivity index (χ3v) is 4.93. The number of aryl methyl sites for hydroxylation is 1. The number of nitrogens with two attached hydrogens (primary N) is 1. The molecule has 0 unspecified atom stereocenters. The van der Waals surface area contributed by atoms with Crippen molar-refractivity contribution in [3.05, 3.63) is 34.6 Å². The fraction of sp³-hybridized carbons (Fsp3) is 0.357. The second-order valence-corrected chi connectivity index (χ2v) is 6.50. The van der Waals surface area contributed by atoms with Crippen LogP contribution in [0.3, 0.4) is 0 Å². The molecule has 2 aromatic rings. The van der Waals surface area contributed by atoms with Gasteiger partial charge in [0.1, 0.15) is 10.8 Å². The largest absolute Gasteiger partial charge is 0.330 e. The van der Waals surface area contributed by atoms with Crippen LogP contribution in [0, 0.1) is 12.7 Å². The van der Waals surface area contributed by atoms with Crippen molar-refractivity contribution in [2.75, 3.05) is 12.3 Å². The van der Waals surface area contributed by atoms with Gasteiger partial charge in [0.25, 0.3) is 0 Å². The van der Waals surface area contributed by atoms with Crippen LogP contribution >= 0.6 is 23.1 Å². The van der Waals surface area contributed by atoms with E-state index in [2.05, 4.69) is 11.9 Å². The quantitative estimate of drug-likeness (QED) is 0.851. The Labute approximate surface area is 121 Å². The SMILES string of the molecule is CCSc1cccc(F)c1-c1nc(C)c(CCN)s1. The minimum absolute atomic E-state index is 0.202. The van der Waals surface area contributed by atoms with E-state index in [1.54, 1.807) is 29.2 Å². The molecule has 0 fully saturated rings. The van der Waals surface area contributed by atoms with E-state index in [1.807, 2.05) is 13.0 Å². The molecule has 102 valence electrons. The highest BCUT2D eigenvalue weighted by Crippen LogP contribution is 2.37. The van der Waals surface area contributed by atoms with E-state index in [0.717, 1.165) is 32.6 Å².